The summed E-state index contributed by atoms with van der Waals surface area (Å²) in [6, 6.07) is 7.12. The van der Waals surface area contributed by atoms with Crippen LogP contribution in [0, 0.1) is 5.92 Å². The van der Waals surface area contributed by atoms with Crippen LogP contribution in [-0.2, 0) is 20.8 Å². The van der Waals surface area contributed by atoms with Crippen LogP contribution in [0.25, 0.3) is 0 Å². The Morgan fingerprint density at radius 1 is 1.13 bits per heavy atom. The molecule has 0 bridgehead atoms. The van der Waals surface area contributed by atoms with Crippen LogP contribution in [0.4, 0.5) is 0 Å². The fourth-order valence-electron chi connectivity index (χ4n) is 4.83. The molecular formula is C22H32N2O6. The van der Waals surface area contributed by atoms with Gasteiger partial charge in [0.2, 0.25) is 5.91 Å². The van der Waals surface area contributed by atoms with Gasteiger partial charge in [0, 0.05) is 6.04 Å². The van der Waals surface area contributed by atoms with Crippen molar-refractivity contribution >= 4 is 17.8 Å². The van der Waals surface area contributed by atoms with Gasteiger partial charge in [-0.3, -0.25) is 14.9 Å². The Kier molecular flexibility index (Phi) is 8.37. The van der Waals surface area contributed by atoms with Crippen molar-refractivity contribution < 1.29 is 30.1 Å². The number of carboxylic acids is 2. The van der Waals surface area contributed by atoms with Crippen molar-refractivity contribution in [1.82, 2.24) is 10.2 Å². The average molecular weight is 421 g/mol. The Bertz CT molecular complexity index is 740. The van der Waals surface area contributed by atoms with Gasteiger partial charge in [-0.2, -0.15) is 0 Å². The van der Waals surface area contributed by atoms with Gasteiger partial charge < -0.3 is 20.6 Å². The first kappa shape index (κ1) is 23.8. The summed E-state index contributed by atoms with van der Waals surface area (Å²) in [5.41, 5.74) is 1.04. The van der Waals surface area contributed by atoms with E-state index in [0.717, 1.165) is 31.2 Å². The van der Waals surface area contributed by atoms with E-state index < -0.39 is 30.1 Å². The molecular weight excluding hydrogens is 388 g/mol. The number of amides is 1. The summed E-state index contributed by atoms with van der Waals surface area (Å²) in [5, 5.41) is 22.2. The van der Waals surface area contributed by atoms with E-state index in [1.54, 1.807) is 6.92 Å². The minimum atomic E-state index is -1.01. The van der Waals surface area contributed by atoms with Gasteiger partial charge in [-0.25, -0.2) is 4.79 Å². The van der Waals surface area contributed by atoms with Crippen LogP contribution in [0.2, 0.25) is 0 Å². The highest BCUT2D eigenvalue weighted by molar-refractivity contribution is 5.88. The van der Waals surface area contributed by atoms with E-state index in [0.29, 0.717) is 19.3 Å². The highest BCUT2D eigenvalue weighted by Crippen LogP contribution is 2.40. The summed E-state index contributed by atoms with van der Waals surface area (Å²) in [6.07, 6.45) is 5.27. The lowest BCUT2D eigenvalue weighted by Crippen LogP contribution is -2.55. The maximum atomic E-state index is 13.2. The second-order valence-corrected chi connectivity index (χ2v) is 8.25. The highest BCUT2D eigenvalue weighted by Gasteiger charge is 2.48. The van der Waals surface area contributed by atoms with E-state index >= 15 is 0 Å². The van der Waals surface area contributed by atoms with Crippen molar-refractivity contribution in [3.63, 3.8) is 0 Å². The lowest BCUT2D eigenvalue weighted by Gasteiger charge is -2.35. The summed E-state index contributed by atoms with van der Waals surface area (Å²) in [7, 11) is 0. The predicted molar refractivity (Wildman–Crippen MR) is 111 cm³/mol. The van der Waals surface area contributed by atoms with Crippen molar-refractivity contribution in [3.05, 3.63) is 35.9 Å². The molecule has 5 N–H and O–H groups in total. The number of carbonyl (C=O) groups is 3. The molecule has 8 nitrogen and oxygen atoms in total. The number of fused-ring (bicyclic) bond motifs is 1. The minimum absolute atomic E-state index is 0. The largest absolute Gasteiger partial charge is 0.480 e. The standard InChI is InChI=1S/C22H30N2O5.H2O/c1-14(23-17(21(26)27)12-11-15-7-3-2-4-8-15)20(25)24-18-10-6-5-9-16(18)13-19(24)22(28)29;/h2-4,7-8,14,16-19,23H,5-6,9-13H2,1H3,(H,26,27)(H,28,29);1H2/t14-,16+,17-,18-,19-;/m0./s1. The monoisotopic (exact) mass is 420 g/mol. The van der Waals surface area contributed by atoms with Crippen LogP contribution in [0.3, 0.4) is 0 Å². The first-order chi connectivity index (χ1) is 13.9. The summed E-state index contributed by atoms with van der Waals surface area (Å²) in [5.74, 6) is -2.06. The third-order valence-corrected chi connectivity index (χ3v) is 6.31. The van der Waals surface area contributed by atoms with Crippen LogP contribution in [0.15, 0.2) is 30.3 Å². The molecule has 1 saturated heterocycles. The fourth-order valence-corrected chi connectivity index (χ4v) is 4.83. The number of likely N-dealkylation sites (tertiary alicyclic amines) is 1. The first-order valence-corrected chi connectivity index (χ1v) is 10.5. The van der Waals surface area contributed by atoms with Crippen molar-refractivity contribution in [2.24, 2.45) is 5.92 Å². The van der Waals surface area contributed by atoms with E-state index in [4.69, 9.17) is 0 Å². The van der Waals surface area contributed by atoms with Crippen molar-refractivity contribution in [3.8, 4) is 0 Å². The van der Waals surface area contributed by atoms with Crippen LogP contribution >= 0.6 is 0 Å². The predicted octanol–water partition coefficient (Wildman–Crippen LogP) is 1.47. The molecule has 166 valence electrons. The van der Waals surface area contributed by atoms with Gasteiger partial charge in [0.1, 0.15) is 12.1 Å². The zero-order valence-corrected chi connectivity index (χ0v) is 17.3. The molecule has 8 heteroatoms. The number of carboxylic acid groups (broad SMARTS) is 2. The summed E-state index contributed by atoms with van der Waals surface area (Å²) < 4.78 is 0. The SMILES string of the molecule is C[C@H](N[C@@H](CCc1ccccc1)C(=O)O)C(=O)N1[C@H](C(=O)O)C[C@H]2CCCC[C@@H]21.O. The number of nitrogens with zero attached hydrogens (tertiary/aromatic N) is 1. The molecule has 1 amide bonds. The maximum Gasteiger partial charge on any atom is 0.326 e. The molecule has 30 heavy (non-hydrogen) atoms. The molecule has 1 saturated carbocycles. The van der Waals surface area contributed by atoms with Crippen molar-refractivity contribution in [1.29, 1.82) is 0 Å². The Balaban J connectivity index is 0.00000320. The Morgan fingerprint density at radius 3 is 2.43 bits per heavy atom. The first-order valence-electron chi connectivity index (χ1n) is 10.5. The Labute approximate surface area is 176 Å². The molecule has 1 aromatic carbocycles. The van der Waals surface area contributed by atoms with E-state index in [-0.39, 0.29) is 23.3 Å². The summed E-state index contributed by atoms with van der Waals surface area (Å²) in [6.45, 7) is 1.63. The number of carbonyl (C=O) groups excluding carboxylic acids is 1. The number of aliphatic carboxylic acids is 2. The molecule has 0 radical (unpaired) electrons. The number of rotatable bonds is 8. The molecule has 0 unspecified atom stereocenters. The van der Waals surface area contributed by atoms with Gasteiger partial charge in [-0.1, -0.05) is 43.2 Å². The fraction of sp³-hybridized carbons (Fsp3) is 0.591. The zero-order valence-electron chi connectivity index (χ0n) is 17.3. The van der Waals surface area contributed by atoms with Gasteiger partial charge in [-0.15, -0.1) is 0 Å². The number of hydrogen-bond donors (Lipinski definition) is 3. The molecule has 0 aromatic heterocycles. The van der Waals surface area contributed by atoms with E-state index in [2.05, 4.69) is 5.32 Å². The van der Waals surface area contributed by atoms with Crippen molar-refractivity contribution in [2.45, 2.75) is 76.0 Å². The van der Waals surface area contributed by atoms with Gasteiger partial charge in [0.15, 0.2) is 0 Å². The maximum absolute atomic E-state index is 13.2. The molecule has 1 aliphatic carbocycles. The molecule has 0 spiro atoms. The quantitative estimate of drug-likeness (QED) is 0.582. The molecule has 3 rings (SSSR count). The normalized spacial score (nSPS) is 25.0. The Morgan fingerprint density at radius 2 is 1.80 bits per heavy atom. The van der Waals surface area contributed by atoms with Crippen LogP contribution in [-0.4, -0.2) is 62.6 Å². The van der Waals surface area contributed by atoms with Crippen LogP contribution in [0.5, 0.6) is 0 Å². The summed E-state index contributed by atoms with van der Waals surface area (Å²) >= 11 is 0. The smallest absolute Gasteiger partial charge is 0.326 e. The number of nitrogens with one attached hydrogen (secondary N) is 1. The van der Waals surface area contributed by atoms with E-state index in [1.807, 2.05) is 30.3 Å². The van der Waals surface area contributed by atoms with E-state index in [9.17, 15) is 24.6 Å². The summed E-state index contributed by atoms with van der Waals surface area (Å²) in [4.78, 5) is 38.2. The second kappa shape index (κ2) is 10.5. The zero-order chi connectivity index (χ0) is 21.0. The highest BCUT2D eigenvalue weighted by atomic mass is 16.4. The minimum Gasteiger partial charge on any atom is -0.480 e. The molecule has 5 atom stereocenters. The molecule has 1 aromatic rings. The molecule has 1 aliphatic heterocycles. The van der Waals surface area contributed by atoms with Crippen molar-refractivity contribution in [2.75, 3.05) is 0 Å². The number of benzene rings is 1. The average Bonchev–Trinajstić information content (AvgIpc) is 3.10. The topological polar surface area (TPSA) is 138 Å². The second-order valence-electron chi connectivity index (χ2n) is 8.25. The number of aryl methyl sites for hydroxylation is 1. The Hall–Kier alpha value is -2.45. The third kappa shape index (κ3) is 5.37. The van der Waals surface area contributed by atoms with Gasteiger partial charge in [-0.05, 0) is 50.5 Å². The number of hydrogen-bond acceptors (Lipinski definition) is 4. The third-order valence-electron chi connectivity index (χ3n) is 6.31. The lowest BCUT2D eigenvalue weighted by atomic mass is 9.84. The van der Waals surface area contributed by atoms with Gasteiger partial charge in [0.05, 0.1) is 6.04 Å². The van der Waals surface area contributed by atoms with Gasteiger partial charge in [0.25, 0.3) is 0 Å². The van der Waals surface area contributed by atoms with Crippen LogP contribution in [0.1, 0.15) is 51.0 Å². The molecule has 2 fully saturated rings. The molecule has 1 heterocycles. The lowest BCUT2D eigenvalue weighted by molar-refractivity contribution is -0.151. The van der Waals surface area contributed by atoms with Crippen LogP contribution < -0.4 is 5.32 Å². The molecule has 2 aliphatic rings. The van der Waals surface area contributed by atoms with Gasteiger partial charge >= 0.3 is 11.9 Å². The van der Waals surface area contributed by atoms with E-state index in [1.165, 1.54) is 4.90 Å².